The molecule has 3 heterocycles. The zero-order valence-electron chi connectivity index (χ0n) is 25.0. The van der Waals surface area contributed by atoms with E-state index in [1.54, 1.807) is 0 Å². The van der Waals surface area contributed by atoms with Crippen molar-refractivity contribution in [2.24, 2.45) is 0 Å². The summed E-state index contributed by atoms with van der Waals surface area (Å²) in [7, 11) is 0. The summed E-state index contributed by atoms with van der Waals surface area (Å²) in [5.41, 5.74) is 2.69. The van der Waals surface area contributed by atoms with Crippen molar-refractivity contribution in [3.8, 4) is 0 Å². The Kier molecular flexibility index (Phi) is 14.2. The molecule has 0 spiro atoms. The van der Waals surface area contributed by atoms with Crippen LogP contribution < -0.4 is 0 Å². The van der Waals surface area contributed by atoms with E-state index in [9.17, 15) is 0 Å². The third-order valence-electron chi connectivity index (χ3n) is 8.72. The van der Waals surface area contributed by atoms with E-state index in [4.69, 9.17) is 28.4 Å². The molecule has 3 aliphatic heterocycles. The van der Waals surface area contributed by atoms with Gasteiger partial charge < -0.3 is 0 Å². The van der Waals surface area contributed by atoms with Crippen LogP contribution in [0.3, 0.4) is 0 Å². The molecule has 0 atom stereocenters. The van der Waals surface area contributed by atoms with Crippen molar-refractivity contribution in [2.45, 2.75) is 12.3 Å². The fourth-order valence-corrected chi connectivity index (χ4v) is 18.3. The Morgan fingerprint density at radius 2 is 0.619 bits per heavy atom. The second-order valence-electron chi connectivity index (χ2n) is 11.9. The molecule has 0 radical (unpaired) electrons. The Balaban J connectivity index is 1.55. The van der Waals surface area contributed by atoms with Crippen molar-refractivity contribution in [1.29, 1.82) is 0 Å². The predicted octanol–water partition coefficient (Wildman–Crippen LogP) is 7.24. The first-order valence-corrected chi connectivity index (χ1v) is 25.4. The molecule has 2 aromatic carbocycles. The summed E-state index contributed by atoms with van der Waals surface area (Å²) in [6.07, 6.45) is 7.79. The number of benzene rings is 2. The summed E-state index contributed by atoms with van der Waals surface area (Å²) >= 11 is 8.88. The van der Waals surface area contributed by atoms with Crippen LogP contribution in [0.1, 0.15) is 11.1 Å². The zero-order valence-corrected chi connectivity index (χ0v) is 30.0. The van der Waals surface area contributed by atoms with Gasteiger partial charge in [0.1, 0.15) is 0 Å². The fourth-order valence-electron chi connectivity index (χ4n) is 5.95. The number of halogens is 2. The molecule has 5 rings (SSSR count). The van der Waals surface area contributed by atoms with Gasteiger partial charge in [-0.2, -0.15) is 0 Å². The van der Waals surface area contributed by atoms with Gasteiger partial charge in [-0.15, -0.1) is 0 Å². The van der Waals surface area contributed by atoms with Crippen molar-refractivity contribution >= 4 is 41.6 Å². The van der Waals surface area contributed by atoms with Crippen LogP contribution in [0.25, 0.3) is 0 Å². The Bertz CT molecular complexity index is 906. The Labute approximate surface area is 269 Å². The molecule has 2 aromatic rings. The van der Waals surface area contributed by atoms with Crippen LogP contribution in [-0.2, 0) is 40.7 Å². The topological polar surface area (TPSA) is 55.4 Å². The van der Waals surface area contributed by atoms with E-state index in [2.05, 4.69) is 91.6 Å². The van der Waals surface area contributed by atoms with Crippen LogP contribution in [0.5, 0.6) is 0 Å². The summed E-state index contributed by atoms with van der Waals surface area (Å²) in [5, 5.41) is -4.95. The molecular formula is C32H50Br2O6P2. The van der Waals surface area contributed by atoms with Crippen LogP contribution in [0.2, 0.25) is 0 Å². The minimum absolute atomic E-state index is 0.598. The molecule has 3 fully saturated rings. The molecule has 0 aliphatic carbocycles. The molecule has 0 aromatic heterocycles. The average molecular weight is 753 g/mol. The van der Waals surface area contributed by atoms with Crippen LogP contribution in [-0.4, -0.2) is 116 Å². The van der Waals surface area contributed by atoms with E-state index >= 15 is 0 Å². The number of fused-ring (bicyclic) bond motifs is 21. The van der Waals surface area contributed by atoms with Gasteiger partial charge in [-0.1, -0.05) is 0 Å². The first kappa shape index (κ1) is 34.9. The maximum atomic E-state index is 6.23. The maximum absolute atomic E-state index is 6.23. The summed E-state index contributed by atoms with van der Waals surface area (Å²) in [4.78, 5) is 0. The molecule has 3 aliphatic rings. The van der Waals surface area contributed by atoms with Gasteiger partial charge in [-0.25, -0.2) is 0 Å². The van der Waals surface area contributed by atoms with Crippen molar-refractivity contribution < 1.29 is 28.4 Å². The van der Waals surface area contributed by atoms with E-state index in [0.717, 1.165) is 49.3 Å². The molecule has 10 heteroatoms. The quantitative estimate of drug-likeness (QED) is 0.308. The molecular weight excluding hydrogens is 702 g/mol. The van der Waals surface area contributed by atoms with Crippen LogP contribution >= 0.6 is 41.6 Å². The molecule has 238 valence electrons. The fraction of sp³-hybridized carbons (Fsp3) is 0.625. The summed E-state index contributed by atoms with van der Waals surface area (Å²) in [6.45, 7) is 7.74. The van der Waals surface area contributed by atoms with E-state index in [1.165, 1.54) is 11.1 Å². The Hall–Kier alpha value is 0.0200. The van der Waals surface area contributed by atoms with Gasteiger partial charge in [0.05, 0.1) is 0 Å². The van der Waals surface area contributed by atoms with E-state index in [-0.39, 0.29) is 0 Å². The normalized spacial score (nSPS) is 26.7. The van der Waals surface area contributed by atoms with Gasteiger partial charge in [0.25, 0.3) is 0 Å². The van der Waals surface area contributed by atoms with E-state index in [0.29, 0.717) is 79.3 Å². The number of rotatable bonds is 4. The van der Waals surface area contributed by atoms with Gasteiger partial charge in [0.15, 0.2) is 0 Å². The molecule has 6 nitrogen and oxygen atoms in total. The predicted molar refractivity (Wildman–Crippen MR) is 186 cm³/mol. The second-order valence-corrected chi connectivity index (χ2v) is 34.6. The third kappa shape index (κ3) is 11.4. The van der Waals surface area contributed by atoms with Crippen LogP contribution in [0, 0.1) is 0 Å². The van der Waals surface area contributed by atoms with Crippen LogP contribution in [0.15, 0.2) is 60.7 Å². The first-order chi connectivity index (χ1) is 20.4. The van der Waals surface area contributed by atoms with Gasteiger partial charge >= 0.3 is 270 Å². The molecule has 0 saturated carbocycles. The van der Waals surface area contributed by atoms with Gasteiger partial charge in [0, 0.05) is 0 Å². The van der Waals surface area contributed by atoms with Crippen LogP contribution in [0.4, 0.5) is 0 Å². The Morgan fingerprint density at radius 3 is 0.857 bits per heavy atom. The SMILES string of the molecule is BrP12(Cc3ccccc3)CCOCCOCCP(Br)(Cc3ccccc3)(CCOCCOCC1)CCOCCOCC2. The van der Waals surface area contributed by atoms with Gasteiger partial charge in [0.2, 0.25) is 0 Å². The molecule has 3 saturated heterocycles. The third-order valence-corrected chi connectivity index (χ3v) is 26.7. The van der Waals surface area contributed by atoms with Gasteiger partial charge in [-0.05, 0) is 0 Å². The minimum atomic E-state index is -2.48. The Morgan fingerprint density at radius 1 is 0.381 bits per heavy atom. The standard InChI is InChI=1S/C32H50Br2O6P2/c33-41(29-31-7-3-1-4-8-31)23-17-35-11-14-38-20-26-42(34,30-32-9-5-2-6-10-32,27-21-39-15-12-36-18-24-41)28-22-40-16-13-37-19-25-41/h1-10H,11-30H2. The summed E-state index contributed by atoms with van der Waals surface area (Å²) in [5.74, 6) is 0. The number of hydrogen-bond donors (Lipinski definition) is 0. The zero-order chi connectivity index (χ0) is 29.5. The summed E-state index contributed by atoms with van der Waals surface area (Å²) < 4.78 is 37.4. The van der Waals surface area contributed by atoms with Gasteiger partial charge in [-0.3, -0.25) is 0 Å². The molecule has 2 bridgehead atoms. The number of ether oxygens (including phenoxy) is 6. The molecule has 0 unspecified atom stereocenters. The van der Waals surface area contributed by atoms with Crippen molar-refractivity contribution in [2.75, 3.05) is 116 Å². The average Bonchev–Trinajstić information content (AvgIpc) is 2.98. The van der Waals surface area contributed by atoms with E-state index in [1.807, 2.05) is 0 Å². The van der Waals surface area contributed by atoms with Crippen molar-refractivity contribution in [3.63, 3.8) is 0 Å². The van der Waals surface area contributed by atoms with E-state index < -0.39 is 10.6 Å². The molecule has 0 N–H and O–H groups in total. The molecule has 0 amide bonds. The molecule has 42 heavy (non-hydrogen) atoms. The number of hydrogen-bond acceptors (Lipinski definition) is 6. The first-order valence-electron chi connectivity index (χ1n) is 15.4. The monoisotopic (exact) mass is 750 g/mol. The summed E-state index contributed by atoms with van der Waals surface area (Å²) in [6, 6.07) is 21.6. The van der Waals surface area contributed by atoms with Crippen molar-refractivity contribution in [1.82, 2.24) is 0 Å². The second kappa shape index (κ2) is 17.1. The van der Waals surface area contributed by atoms with Crippen molar-refractivity contribution in [3.05, 3.63) is 71.8 Å².